The van der Waals surface area contributed by atoms with Crippen LogP contribution in [0.3, 0.4) is 0 Å². The fourth-order valence-corrected chi connectivity index (χ4v) is 3.29. The van der Waals surface area contributed by atoms with Crippen molar-refractivity contribution in [2.75, 3.05) is 14.1 Å². The minimum Gasteiger partial charge on any atom is -0.480 e. The number of nitrogens with zero attached hydrogens (tertiary/aromatic N) is 1. The Labute approximate surface area is 160 Å². The van der Waals surface area contributed by atoms with Gasteiger partial charge in [-0.2, -0.15) is 0 Å². The van der Waals surface area contributed by atoms with Crippen molar-refractivity contribution in [1.82, 2.24) is 4.90 Å². The number of benzene rings is 2. The standard InChI is InChI=1S/C22H27NO4/c1-21(2,22(3,20(25)26)23(4)5)18-14-10-9-13-17(18)19(24)27-15-16-11-7-6-8-12-16/h6-14H,15H2,1-5H3,(H,25,26)/t22-/m1/s1. The molecule has 0 aliphatic heterocycles. The molecule has 0 saturated carbocycles. The van der Waals surface area contributed by atoms with Crippen molar-refractivity contribution in [1.29, 1.82) is 0 Å². The van der Waals surface area contributed by atoms with Gasteiger partial charge in [0.25, 0.3) is 0 Å². The van der Waals surface area contributed by atoms with E-state index in [2.05, 4.69) is 0 Å². The van der Waals surface area contributed by atoms with E-state index in [1.807, 2.05) is 50.2 Å². The van der Waals surface area contributed by atoms with Crippen LogP contribution in [-0.4, -0.2) is 41.6 Å². The molecule has 144 valence electrons. The zero-order valence-electron chi connectivity index (χ0n) is 16.5. The first kappa shape index (κ1) is 20.6. The summed E-state index contributed by atoms with van der Waals surface area (Å²) in [6.07, 6.45) is 0. The van der Waals surface area contributed by atoms with Gasteiger partial charge in [-0.15, -0.1) is 0 Å². The smallest absolute Gasteiger partial charge is 0.338 e. The number of carboxylic acid groups (broad SMARTS) is 1. The van der Waals surface area contributed by atoms with E-state index >= 15 is 0 Å². The van der Waals surface area contributed by atoms with E-state index in [1.54, 1.807) is 44.1 Å². The molecule has 0 aliphatic rings. The van der Waals surface area contributed by atoms with Gasteiger partial charge in [-0.25, -0.2) is 4.79 Å². The Morgan fingerprint density at radius 3 is 2.07 bits per heavy atom. The highest BCUT2D eigenvalue weighted by atomic mass is 16.5. The molecule has 0 radical (unpaired) electrons. The van der Waals surface area contributed by atoms with Crippen LogP contribution in [0, 0.1) is 0 Å². The van der Waals surface area contributed by atoms with Crippen LogP contribution >= 0.6 is 0 Å². The predicted molar refractivity (Wildman–Crippen MR) is 105 cm³/mol. The summed E-state index contributed by atoms with van der Waals surface area (Å²) in [7, 11) is 3.46. The number of ether oxygens (including phenoxy) is 1. The summed E-state index contributed by atoms with van der Waals surface area (Å²) in [6.45, 7) is 5.51. The van der Waals surface area contributed by atoms with Gasteiger partial charge in [-0.05, 0) is 38.2 Å². The Morgan fingerprint density at radius 1 is 0.963 bits per heavy atom. The first-order chi connectivity index (χ1) is 12.6. The molecule has 5 heteroatoms. The van der Waals surface area contributed by atoms with E-state index in [1.165, 1.54) is 0 Å². The van der Waals surface area contributed by atoms with Crippen LogP contribution in [0.5, 0.6) is 0 Å². The largest absolute Gasteiger partial charge is 0.480 e. The van der Waals surface area contributed by atoms with Crippen molar-refractivity contribution in [3.05, 3.63) is 71.3 Å². The van der Waals surface area contributed by atoms with E-state index < -0.39 is 22.9 Å². The quantitative estimate of drug-likeness (QED) is 0.754. The molecule has 27 heavy (non-hydrogen) atoms. The van der Waals surface area contributed by atoms with Crippen LogP contribution in [0.25, 0.3) is 0 Å². The summed E-state index contributed by atoms with van der Waals surface area (Å²) in [5, 5.41) is 9.92. The summed E-state index contributed by atoms with van der Waals surface area (Å²) in [5.41, 5.74) is -0.159. The van der Waals surface area contributed by atoms with Gasteiger partial charge in [0.05, 0.1) is 5.56 Å². The number of esters is 1. The van der Waals surface area contributed by atoms with Crippen molar-refractivity contribution in [3.63, 3.8) is 0 Å². The van der Waals surface area contributed by atoms with Gasteiger partial charge in [0.15, 0.2) is 0 Å². The van der Waals surface area contributed by atoms with Crippen LogP contribution in [0.4, 0.5) is 0 Å². The Kier molecular flexibility index (Phi) is 6.06. The van der Waals surface area contributed by atoms with Crippen molar-refractivity contribution in [2.45, 2.75) is 38.3 Å². The highest BCUT2D eigenvalue weighted by Gasteiger charge is 2.51. The topological polar surface area (TPSA) is 66.8 Å². The SMILES string of the molecule is CN(C)[C@](C)(C(=O)O)C(C)(C)c1ccccc1C(=O)OCc1ccccc1. The lowest BCUT2D eigenvalue weighted by molar-refractivity contribution is -0.153. The molecule has 0 unspecified atom stereocenters. The molecule has 1 atom stereocenters. The zero-order chi connectivity index (χ0) is 20.2. The van der Waals surface area contributed by atoms with Crippen molar-refractivity contribution < 1.29 is 19.4 Å². The number of carbonyl (C=O) groups excluding carboxylic acids is 1. The van der Waals surface area contributed by atoms with Gasteiger partial charge in [0, 0.05) is 5.41 Å². The van der Waals surface area contributed by atoms with Crippen LogP contribution in [-0.2, 0) is 21.6 Å². The van der Waals surface area contributed by atoms with E-state index in [-0.39, 0.29) is 6.61 Å². The minimum absolute atomic E-state index is 0.165. The third-order valence-corrected chi connectivity index (χ3v) is 5.56. The van der Waals surface area contributed by atoms with Crippen molar-refractivity contribution in [3.8, 4) is 0 Å². The fourth-order valence-electron chi connectivity index (χ4n) is 3.29. The predicted octanol–water partition coefficient (Wildman–Crippen LogP) is 3.73. The molecule has 0 heterocycles. The number of hydrogen-bond acceptors (Lipinski definition) is 4. The number of likely N-dealkylation sites (N-methyl/N-ethyl adjacent to an activating group) is 1. The zero-order valence-corrected chi connectivity index (χ0v) is 16.5. The monoisotopic (exact) mass is 369 g/mol. The summed E-state index contributed by atoms with van der Waals surface area (Å²) in [5.74, 6) is -1.42. The molecule has 0 bridgehead atoms. The number of rotatable bonds is 7. The molecule has 0 fully saturated rings. The lowest BCUT2D eigenvalue weighted by atomic mass is 9.66. The molecule has 2 rings (SSSR count). The normalized spacial score (nSPS) is 13.9. The third kappa shape index (κ3) is 3.88. The fraction of sp³-hybridized carbons (Fsp3) is 0.364. The van der Waals surface area contributed by atoms with Gasteiger partial charge in [0.1, 0.15) is 12.1 Å². The van der Waals surface area contributed by atoms with Crippen LogP contribution in [0.15, 0.2) is 54.6 Å². The van der Waals surface area contributed by atoms with Crippen LogP contribution in [0.1, 0.15) is 42.3 Å². The van der Waals surface area contributed by atoms with Gasteiger partial charge >= 0.3 is 11.9 Å². The first-order valence-corrected chi connectivity index (χ1v) is 8.83. The number of aliphatic carboxylic acids is 1. The lowest BCUT2D eigenvalue weighted by Crippen LogP contribution is -2.61. The molecule has 0 amide bonds. The second-order valence-corrected chi connectivity index (χ2v) is 7.50. The molecule has 1 N–H and O–H groups in total. The number of carboxylic acids is 1. The van der Waals surface area contributed by atoms with Gasteiger partial charge in [-0.1, -0.05) is 62.4 Å². The Bertz CT molecular complexity index is 814. The Morgan fingerprint density at radius 2 is 1.52 bits per heavy atom. The highest BCUT2D eigenvalue weighted by molar-refractivity contribution is 5.92. The average Bonchev–Trinajstić information content (AvgIpc) is 2.65. The molecule has 0 aliphatic carbocycles. The lowest BCUT2D eigenvalue weighted by Gasteiger charge is -2.46. The van der Waals surface area contributed by atoms with E-state index in [0.717, 1.165) is 5.56 Å². The second-order valence-electron chi connectivity index (χ2n) is 7.50. The molecule has 2 aromatic carbocycles. The molecular weight excluding hydrogens is 342 g/mol. The maximum Gasteiger partial charge on any atom is 0.338 e. The van der Waals surface area contributed by atoms with Gasteiger partial charge in [-0.3, -0.25) is 9.69 Å². The van der Waals surface area contributed by atoms with E-state index in [4.69, 9.17) is 4.74 Å². The minimum atomic E-state index is -1.22. The summed E-state index contributed by atoms with van der Waals surface area (Å²) < 4.78 is 5.48. The van der Waals surface area contributed by atoms with Gasteiger partial charge in [0.2, 0.25) is 0 Å². The van der Waals surface area contributed by atoms with Crippen LogP contribution in [0.2, 0.25) is 0 Å². The van der Waals surface area contributed by atoms with Crippen molar-refractivity contribution in [2.24, 2.45) is 0 Å². The Hall–Kier alpha value is -2.66. The van der Waals surface area contributed by atoms with E-state index in [9.17, 15) is 14.7 Å². The molecule has 0 saturated heterocycles. The molecule has 0 aromatic heterocycles. The van der Waals surface area contributed by atoms with Crippen LogP contribution < -0.4 is 0 Å². The Balaban J connectivity index is 2.39. The second kappa shape index (κ2) is 7.92. The third-order valence-electron chi connectivity index (χ3n) is 5.56. The molecule has 5 nitrogen and oxygen atoms in total. The maximum atomic E-state index is 12.8. The molecule has 2 aromatic rings. The summed E-state index contributed by atoms with van der Waals surface area (Å²) in [6, 6.07) is 16.5. The molecular formula is C22H27NO4. The maximum absolute atomic E-state index is 12.8. The number of carbonyl (C=O) groups is 2. The van der Waals surface area contributed by atoms with E-state index in [0.29, 0.717) is 11.1 Å². The van der Waals surface area contributed by atoms with Gasteiger partial charge < -0.3 is 9.84 Å². The molecule has 0 spiro atoms. The summed E-state index contributed by atoms with van der Waals surface area (Å²) in [4.78, 5) is 26.6. The summed E-state index contributed by atoms with van der Waals surface area (Å²) >= 11 is 0. The van der Waals surface area contributed by atoms with Crippen molar-refractivity contribution >= 4 is 11.9 Å². The highest BCUT2D eigenvalue weighted by Crippen LogP contribution is 2.40. The first-order valence-electron chi connectivity index (χ1n) is 8.83. The average molecular weight is 369 g/mol. The number of hydrogen-bond donors (Lipinski definition) is 1.